The summed E-state index contributed by atoms with van der Waals surface area (Å²) in [6.45, 7) is 2.77. The Morgan fingerprint density at radius 3 is 2.63 bits per heavy atom. The number of nitrogens with zero attached hydrogens (tertiary/aromatic N) is 3. The van der Waals surface area contributed by atoms with Gasteiger partial charge in [-0.2, -0.15) is 0 Å². The standard InChI is InChI=1S/C28H29FN4OS/c1-19-7-13-24(14-8-19)31-27(34)22-11-9-20(10-12-22)18-35-28-32-25-6-3-15-30-26(25)33(28)17-21-4-2-5-23(29)16-21/h2-6,9-12,15-16,19,24H,7-8,13-14,17-18H2,1H3,(H,31,34). The van der Waals surface area contributed by atoms with Crippen molar-refractivity contribution in [2.24, 2.45) is 5.92 Å². The van der Waals surface area contributed by atoms with E-state index < -0.39 is 0 Å². The number of amides is 1. The molecule has 2 aromatic carbocycles. The molecule has 2 aromatic heterocycles. The van der Waals surface area contributed by atoms with E-state index in [1.54, 1.807) is 30.1 Å². The summed E-state index contributed by atoms with van der Waals surface area (Å²) in [4.78, 5) is 21.9. The molecule has 0 unspecified atom stereocenters. The molecule has 1 aliphatic carbocycles. The molecule has 7 heteroatoms. The highest BCUT2D eigenvalue weighted by molar-refractivity contribution is 7.98. The maximum Gasteiger partial charge on any atom is 0.251 e. The van der Waals surface area contributed by atoms with E-state index in [2.05, 4.69) is 17.2 Å². The lowest BCUT2D eigenvalue weighted by atomic mass is 9.87. The van der Waals surface area contributed by atoms with Crippen molar-refractivity contribution in [2.45, 2.75) is 56.1 Å². The number of fused-ring (bicyclic) bond motifs is 1. The highest BCUT2D eigenvalue weighted by atomic mass is 32.2. The van der Waals surface area contributed by atoms with E-state index in [0.29, 0.717) is 17.9 Å². The quantitative estimate of drug-likeness (QED) is 0.314. The van der Waals surface area contributed by atoms with Gasteiger partial charge >= 0.3 is 0 Å². The van der Waals surface area contributed by atoms with Crippen LogP contribution in [0.25, 0.3) is 11.2 Å². The fourth-order valence-corrected chi connectivity index (χ4v) is 5.54. The number of carbonyl (C=O) groups excluding carboxylic acids is 1. The van der Waals surface area contributed by atoms with Crippen molar-refractivity contribution in [1.82, 2.24) is 19.9 Å². The van der Waals surface area contributed by atoms with Gasteiger partial charge in [0.25, 0.3) is 5.91 Å². The van der Waals surface area contributed by atoms with E-state index >= 15 is 0 Å². The van der Waals surface area contributed by atoms with Crippen molar-refractivity contribution in [2.75, 3.05) is 0 Å². The molecule has 1 fully saturated rings. The number of nitrogens with one attached hydrogen (secondary N) is 1. The third-order valence-corrected chi connectivity index (χ3v) is 7.68. The van der Waals surface area contributed by atoms with Gasteiger partial charge in [0, 0.05) is 23.6 Å². The largest absolute Gasteiger partial charge is 0.349 e. The Labute approximate surface area is 209 Å². The molecule has 180 valence electrons. The number of aromatic nitrogens is 3. The number of thioether (sulfide) groups is 1. The first kappa shape index (κ1) is 23.5. The summed E-state index contributed by atoms with van der Waals surface area (Å²) in [5, 5.41) is 4.02. The molecule has 1 aliphatic rings. The van der Waals surface area contributed by atoms with Gasteiger partial charge in [-0.25, -0.2) is 14.4 Å². The van der Waals surface area contributed by atoms with Gasteiger partial charge in [0.2, 0.25) is 0 Å². The number of benzene rings is 2. The van der Waals surface area contributed by atoms with Crippen LogP contribution in [0.15, 0.2) is 72.0 Å². The molecule has 35 heavy (non-hydrogen) atoms. The molecule has 5 nitrogen and oxygen atoms in total. The molecule has 1 saturated carbocycles. The second-order valence-electron chi connectivity index (χ2n) is 9.37. The monoisotopic (exact) mass is 488 g/mol. The Hall–Kier alpha value is -3.19. The Morgan fingerprint density at radius 2 is 1.86 bits per heavy atom. The predicted octanol–water partition coefficient (Wildman–Crippen LogP) is 6.22. The van der Waals surface area contributed by atoms with E-state index in [4.69, 9.17) is 4.98 Å². The highest BCUT2D eigenvalue weighted by Crippen LogP contribution is 2.27. The number of hydrogen-bond donors (Lipinski definition) is 1. The Bertz CT molecular complexity index is 1310. The normalized spacial score (nSPS) is 18.0. The van der Waals surface area contributed by atoms with Crippen LogP contribution in [0.4, 0.5) is 4.39 Å². The molecule has 0 saturated heterocycles. The lowest BCUT2D eigenvalue weighted by Crippen LogP contribution is -2.37. The molecule has 0 spiro atoms. The summed E-state index contributed by atoms with van der Waals surface area (Å²) in [5.41, 5.74) is 4.26. The zero-order valence-electron chi connectivity index (χ0n) is 19.8. The number of halogens is 1. The molecule has 0 radical (unpaired) electrons. The van der Waals surface area contributed by atoms with Crippen LogP contribution in [-0.4, -0.2) is 26.5 Å². The van der Waals surface area contributed by atoms with Crippen LogP contribution < -0.4 is 5.32 Å². The Kier molecular flexibility index (Phi) is 7.13. The SMILES string of the molecule is CC1CCC(NC(=O)c2ccc(CSc3nc4cccnc4n3Cc3cccc(F)c3)cc2)CC1. The zero-order valence-corrected chi connectivity index (χ0v) is 20.6. The maximum absolute atomic E-state index is 13.7. The van der Waals surface area contributed by atoms with Gasteiger partial charge in [0.1, 0.15) is 11.3 Å². The molecular weight excluding hydrogens is 459 g/mol. The molecule has 0 aliphatic heterocycles. The van der Waals surface area contributed by atoms with E-state index in [9.17, 15) is 9.18 Å². The average molecular weight is 489 g/mol. The minimum Gasteiger partial charge on any atom is -0.349 e. The van der Waals surface area contributed by atoms with Crippen molar-refractivity contribution >= 4 is 28.8 Å². The van der Waals surface area contributed by atoms with Crippen LogP contribution in [0.1, 0.15) is 54.1 Å². The van der Waals surface area contributed by atoms with E-state index in [-0.39, 0.29) is 17.8 Å². The summed E-state index contributed by atoms with van der Waals surface area (Å²) in [6.07, 6.45) is 6.24. The van der Waals surface area contributed by atoms with E-state index in [1.807, 2.05) is 47.0 Å². The summed E-state index contributed by atoms with van der Waals surface area (Å²) in [6, 6.07) is 18.5. The van der Waals surface area contributed by atoms with Gasteiger partial charge in [0.05, 0.1) is 6.54 Å². The van der Waals surface area contributed by atoms with Gasteiger partial charge in [-0.15, -0.1) is 0 Å². The van der Waals surface area contributed by atoms with Crippen LogP contribution in [0, 0.1) is 11.7 Å². The molecule has 4 aromatic rings. The molecule has 5 rings (SSSR count). The van der Waals surface area contributed by atoms with Crippen molar-refractivity contribution in [1.29, 1.82) is 0 Å². The number of carbonyl (C=O) groups is 1. The fraction of sp³-hybridized carbons (Fsp3) is 0.321. The van der Waals surface area contributed by atoms with Crippen molar-refractivity contribution < 1.29 is 9.18 Å². The molecule has 1 N–H and O–H groups in total. The lowest BCUT2D eigenvalue weighted by molar-refractivity contribution is 0.0923. The third kappa shape index (κ3) is 5.73. The van der Waals surface area contributed by atoms with Gasteiger partial charge in [-0.3, -0.25) is 9.36 Å². The summed E-state index contributed by atoms with van der Waals surface area (Å²) < 4.78 is 15.8. The number of hydrogen-bond acceptors (Lipinski definition) is 4. The minimum absolute atomic E-state index is 0.00622. The van der Waals surface area contributed by atoms with Crippen LogP contribution in [-0.2, 0) is 12.3 Å². The fourth-order valence-electron chi connectivity index (χ4n) is 4.58. The Balaban J connectivity index is 1.26. The van der Waals surface area contributed by atoms with Crippen molar-refractivity contribution in [3.8, 4) is 0 Å². The molecule has 0 atom stereocenters. The molecule has 1 amide bonds. The van der Waals surface area contributed by atoms with Gasteiger partial charge in [0.15, 0.2) is 10.8 Å². The first-order valence-corrected chi connectivity index (χ1v) is 13.1. The minimum atomic E-state index is -0.253. The van der Waals surface area contributed by atoms with Gasteiger partial charge in [-0.1, -0.05) is 43.0 Å². The van der Waals surface area contributed by atoms with Crippen LogP contribution in [0.2, 0.25) is 0 Å². The van der Waals surface area contributed by atoms with E-state index in [0.717, 1.165) is 46.2 Å². The van der Waals surface area contributed by atoms with Crippen LogP contribution in [0.5, 0.6) is 0 Å². The highest BCUT2D eigenvalue weighted by Gasteiger charge is 2.20. The van der Waals surface area contributed by atoms with E-state index in [1.165, 1.54) is 18.9 Å². The number of rotatable bonds is 7. The smallest absolute Gasteiger partial charge is 0.251 e. The number of imidazole rings is 1. The van der Waals surface area contributed by atoms with Crippen LogP contribution >= 0.6 is 11.8 Å². The van der Waals surface area contributed by atoms with Gasteiger partial charge in [-0.05, 0) is 79.1 Å². The number of pyridine rings is 1. The van der Waals surface area contributed by atoms with Gasteiger partial charge < -0.3 is 5.32 Å². The predicted molar refractivity (Wildman–Crippen MR) is 138 cm³/mol. The molecule has 0 bridgehead atoms. The summed E-state index contributed by atoms with van der Waals surface area (Å²) in [5.74, 6) is 1.22. The average Bonchev–Trinajstić information content (AvgIpc) is 3.21. The molecular formula is C28H29FN4OS. The van der Waals surface area contributed by atoms with Crippen molar-refractivity contribution in [3.05, 3.63) is 89.4 Å². The molecule has 2 heterocycles. The van der Waals surface area contributed by atoms with Crippen LogP contribution in [0.3, 0.4) is 0 Å². The Morgan fingerprint density at radius 1 is 1.06 bits per heavy atom. The first-order chi connectivity index (χ1) is 17.0. The first-order valence-electron chi connectivity index (χ1n) is 12.1. The topological polar surface area (TPSA) is 59.8 Å². The summed E-state index contributed by atoms with van der Waals surface area (Å²) >= 11 is 1.61. The lowest BCUT2D eigenvalue weighted by Gasteiger charge is -2.26. The van der Waals surface area contributed by atoms with Crippen molar-refractivity contribution in [3.63, 3.8) is 0 Å². The third-order valence-electron chi connectivity index (χ3n) is 6.63. The second-order valence-corrected chi connectivity index (χ2v) is 10.3. The second kappa shape index (κ2) is 10.6. The summed E-state index contributed by atoms with van der Waals surface area (Å²) in [7, 11) is 0. The zero-order chi connectivity index (χ0) is 24.2. The maximum atomic E-state index is 13.7.